The number of rotatable bonds is 2. The Bertz CT molecular complexity index is 901. The molecule has 0 unspecified atom stereocenters. The van der Waals surface area contributed by atoms with Gasteiger partial charge in [0.25, 0.3) is 5.91 Å². The van der Waals surface area contributed by atoms with E-state index in [4.69, 9.17) is 11.6 Å². The molecule has 0 spiro atoms. The summed E-state index contributed by atoms with van der Waals surface area (Å²) in [5, 5.41) is 5.85. The number of hydrogen-bond acceptors (Lipinski definition) is 4. The summed E-state index contributed by atoms with van der Waals surface area (Å²) in [7, 11) is 0. The van der Waals surface area contributed by atoms with Gasteiger partial charge in [-0.2, -0.15) is 0 Å². The van der Waals surface area contributed by atoms with Gasteiger partial charge in [-0.05, 0) is 36.2 Å². The van der Waals surface area contributed by atoms with Crippen LogP contribution in [0.5, 0.6) is 0 Å². The van der Waals surface area contributed by atoms with Crippen LogP contribution in [0, 0.1) is 0 Å². The van der Waals surface area contributed by atoms with Gasteiger partial charge in [-0.25, -0.2) is 0 Å². The molecule has 3 aromatic rings. The van der Waals surface area contributed by atoms with Crippen molar-refractivity contribution in [3.8, 4) is 0 Å². The van der Waals surface area contributed by atoms with Gasteiger partial charge in [-0.15, -0.1) is 5.10 Å². The van der Waals surface area contributed by atoms with Gasteiger partial charge >= 0.3 is 0 Å². The van der Waals surface area contributed by atoms with Crippen molar-refractivity contribution in [1.29, 1.82) is 0 Å². The maximum absolute atomic E-state index is 12.8. The van der Waals surface area contributed by atoms with Crippen LogP contribution in [0.3, 0.4) is 0 Å². The molecule has 0 atom stereocenters. The van der Waals surface area contributed by atoms with Crippen LogP contribution < -0.4 is 0 Å². The number of aromatic nitrogens is 3. The minimum absolute atomic E-state index is 0.0267. The van der Waals surface area contributed by atoms with Crippen LogP contribution >= 0.6 is 23.1 Å². The van der Waals surface area contributed by atoms with E-state index in [0.717, 1.165) is 35.0 Å². The first-order chi connectivity index (χ1) is 11.2. The molecule has 3 heterocycles. The zero-order valence-electron chi connectivity index (χ0n) is 12.6. The first kappa shape index (κ1) is 14.7. The Morgan fingerprint density at radius 1 is 1.48 bits per heavy atom. The number of hydrogen-bond donors (Lipinski definition) is 1. The highest BCUT2D eigenvalue weighted by Crippen LogP contribution is 2.30. The first-order valence-electron chi connectivity index (χ1n) is 7.57. The van der Waals surface area contributed by atoms with Gasteiger partial charge in [0.2, 0.25) is 0 Å². The van der Waals surface area contributed by atoms with Crippen LogP contribution in [-0.4, -0.2) is 31.9 Å². The molecule has 1 aromatic carbocycles. The van der Waals surface area contributed by atoms with Crippen molar-refractivity contribution in [3.05, 3.63) is 45.1 Å². The SMILES string of the molecule is CCc1nnsc1C(=O)N1CCc2[nH]c3ccc(Cl)cc3c2C1. The van der Waals surface area contributed by atoms with Crippen LogP contribution in [0.15, 0.2) is 18.2 Å². The second-order valence-corrected chi connectivity index (χ2v) is 6.84. The van der Waals surface area contributed by atoms with Crippen molar-refractivity contribution in [1.82, 2.24) is 19.5 Å². The lowest BCUT2D eigenvalue weighted by Crippen LogP contribution is -2.35. The molecule has 4 rings (SSSR count). The molecule has 0 saturated heterocycles. The number of nitrogens with zero attached hydrogens (tertiary/aromatic N) is 3. The molecular formula is C16H15ClN4OS. The topological polar surface area (TPSA) is 61.9 Å². The molecule has 1 N–H and O–H groups in total. The van der Waals surface area contributed by atoms with Gasteiger partial charge in [-0.1, -0.05) is 23.0 Å². The molecule has 1 aliphatic rings. The number of amides is 1. The Kier molecular flexibility index (Phi) is 3.58. The lowest BCUT2D eigenvalue weighted by molar-refractivity contribution is 0.0738. The number of carbonyl (C=O) groups excluding carboxylic acids is 1. The van der Waals surface area contributed by atoms with E-state index in [0.29, 0.717) is 23.0 Å². The first-order valence-corrected chi connectivity index (χ1v) is 8.72. The summed E-state index contributed by atoms with van der Waals surface area (Å²) in [4.78, 5) is 18.8. The standard InChI is InChI=1S/C16H15ClN4OS/c1-2-12-15(23-20-19-12)16(22)21-6-5-14-11(8-21)10-7-9(17)3-4-13(10)18-14/h3-4,7,18H,2,5-6,8H2,1H3. The highest BCUT2D eigenvalue weighted by Gasteiger charge is 2.27. The molecule has 7 heteroatoms. The molecule has 0 fully saturated rings. The molecule has 0 aliphatic carbocycles. The van der Waals surface area contributed by atoms with Crippen molar-refractivity contribution < 1.29 is 4.79 Å². The third kappa shape index (κ3) is 2.42. The smallest absolute Gasteiger partial charge is 0.267 e. The monoisotopic (exact) mass is 346 g/mol. The molecule has 2 aromatic heterocycles. The number of carbonyl (C=O) groups is 1. The van der Waals surface area contributed by atoms with E-state index in [-0.39, 0.29) is 5.91 Å². The Balaban J connectivity index is 1.69. The number of halogens is 1. The van der Waals surface area contributed by atoms with Crippen LogP contribution in [0.25, 0.3) is 10.9 Å². The highest BCUT2D eigenvalue weighted by molar-refractivity contribution is 7.08. The van der Waals surface area contributed by atoms with Crippen molar-refractivity contribution in [2.45, 2.75) is 26.3 Å². The van der Waals surface area contributed by atoms with Gasteiger partial charge in [0.1, 0.15) is 4.88 Å². The van der Waals surface area contributed by atoms with Crippen molar-refractivity contribution in [2.75, 3.05) is 6.54 Å². The molecule has 1 aliphatic heterocycles. The maximum atomic E-state index is 12.8. The number of H-pyrrole nitrogens is 1. The number of benzene rings is 1. The number of fused-ring (bicyclic) bond motifs is 3. The van der Waals surface area contributed by atoms with E-state index in [9.17, 15) is 4.79 Å². The average molecular weight is 347 g/mol. The Morgan fingerprint density at radius 2 is 2.35 bits per heavy atom. The minimum Gasteiger partial charge on any atom is -0.358 e. The molecule has 5 nitrogen and oxygen atoms in total. The van der Waals surface area contributed by atoms with Crippen LogP contribution in [0.4, 0.5) is 0 Å². The Labute approximate surface area is 142 Å². The normalized spacial score (nSPS) is 14.3. The molecule has 23 heavy (non-hydrogen) atoms. The molecule has 0 radical (unpaired) electrons. The third-order valence-corrected chi connectivity index (χ3v) is 5.30. The Morgan fingerprint density at radius 3 is 3.17 bits per heavy atom. The third-order valence-electron chi connectivity index (χ3n) is 4.31. The largest absolute Gasteiger partial charge is 0.358 e. The molecule has 0 bridgehead atoms. The zero-order chi connectivity index (χ0) is 16.0. The second-order valence-electron chi connectivity index (χ2n) is 5.65. The zero-order valence-corrected chi connectivity index (χ0v) is 14.2. The highest BCUT2D eigenvalue weighted by atomic mass is 35.5. The predicted molar refractivity (Wildman–Crippen MR) is 91.0 cm³/mol. The van der Waals surface area contributed by atoms with E-state index in [2.05, 4.69) is 14.6 Å². The van der Waals surface area contributed by atoms with Gasteiger partial charge in [0, 0.05) is 46.7 Å². The summed E-state index contributed by atoms with van der Waals surface area (Å²) in [5.41, 5.74) is 4.22. The van der Waals surface area contributed by atoms with Gasteiger partial charge in [-0.3, -0.25) is 4.79 Å². The summed E-state index contributed by atoms with van der Waals surface area (Å²) >= 11 is 7.31. The van der Waals surface area contributed by atoms with Gasteiger partial charge in [0.05, 0.1) is 5.69 Å². The maximum Gasteiger partial charge on any atom is 0.267 e. The summed E-state index contributed by atoms with van der Waals surface area (Å²) in [5.74, 6) is 0.0267. The second kappa shape index (κ2) is 5.62. The summed E-state index contributed by atoms with van der Waals surface area (Å²) in [6.07, 6.45) is 1.54. The van der Waals surface area contributed by atoms with E-state index < -0.39 is 0 Å². The predicted octanol–water partition coefficient (Wildman–Crippen LogP) is 3.43. The van der Waals surface area contributed by atoms with Gasteiger partial charge < -0.3 is 9.88 Å². The van der Waals surface area contributed by atoms with Gasteiger partial charge in [0.15, 0.2) is 0 Å². The summed E-state index contributed by atoms with van der Waals surface area (Å²) in [6.45, 7) is 3.28. The van der Waals surface area contributed by atoms with Crippen LogP contribution in [0.2, 0.25) is 5.02 Å². The Hall–Kier alpha value is -1.92. The molecule has 118 valence electrons. The van der Waals surface area contributed by atoms with Crippen molar-refractivity contribution in [2.24, 2.45) is 0 Å². The molecule has 0 saturated carbocycles. The van der Waals surface area contributed by atoms with E-state index in [1.54, 1.807) is 0 Å². The fourth-order valence-corrected chi connectivity index (χ4v) is 4.00. The lowest BCUT2D eigenvalue weighted by Gasteiger charge is -2.27. The van der Waals surface area contributed by atoms with E-state index >= 15 is 0 Å². The van der Waals surface area contributed by atoms with E-state index in [1.165, 1.54) is 17.2 Å². The number of aromatic amines is 1. The summed E-state index contributed by atoms with van der Waals surface area (Å²) < 4.78 is 3.93. The molecular weight excluding hydrogens is 332 g/mol. The fourth-order valence-electron chi connectivity index (χ4n) is 3.11. The number of nitrogens with one attached hydrogen (secondary N) is 1. The fraction of sp³-hybridized carbons (Fsp3) is 0.312. The lowest BCUT2D eigenvalue weighted by atomic mass is 10.0. The quantitative estimate of drug-likeness (QED) is 0.773. The van der Waals surface area contributed by atoms with Crippen LogP contribution in [-0.2, 0) is 19.4 Å². The average Bonchev–Trinajstić information content (AvgIpc) is 3.17. The van der Waals surface area contributed by atoms with Crippen molar-refractivity contribution >= 4 is 39.9 Å². The number of aryl methyl sites for hydroxylation is 1. The molecule has 1 amide bonds. The van der Waals surface area contributed by atoms with E-state index in [1.807, 2.05) is 30.0 Å². The van der Waals surface area contributed by atoms with Crippen LogP contribution in [0.1, 0.15) is 33.5 Å². The minimum atomic E-state index is 0.0267. The summed E-state index contributed by atoms with van der Waals surface area (Å²) in [6, 6.07) is 5.83. The van der Waals surface area contributed by atoms with Crippen molar-refractivity contribution in [3.63, 3.8) is 0 Å².